The fourth-order valence-electron chi connectivity index (χ4n) is 2.79. The van der Waals surface area contributed by atoms with E-state index in [1.54, 1.807) is 6.07 Å². The lowest BCUT2D eigenvalue weighted by Gasteiger charge is -2.39. The van der Waals surface area contributed by atoms with Gasteiger partial charge in [-0.2, -0.15) is 0 Å². The van der Waals surface area contributed by atoms with Gasteiger partial charge in [0, 0.05) is 36.7 Å². The molecular weight excluding hydrogens is 307 g/mol. The lowest BCUT2D eigenvalue weighted by molar-refractivity contribution is 0.128. The highest BCUT2D eigenvalue weighted by Crippen LogP contribution is 2.35. The van der Waals surface area contributed by atoms with Crippen LogP contribution < -0.4 is 5.32 Å². The summed E-state index contributed by atoms with van der Waals surface area (Å²) in [5.74, 6) is 0.359. The van der Waals surface area contributed by atoms with Crippen molar-refractivity contribution >= 4 is 15.9 Å². The van der Waals surface area contributed by atoms with E-state index in [2.05, 4.69) is 40.0 Å². The van der Waals surface area contributed by atoms with Gasteiger partial charge in [0.25, 0.3) is 0 Å². The van der Waals surface area contributed by atoms with Gasteiger partial charge in [0.2, 0.25) is 0 Å². The third-order valence-electron chi connectivity index (χ3n) is 4.00. The smallest absolute Gasteiger partial charge is 0.123 e. The summed E-state index contributed by atoms with van der Waals surface area (Å²) in [6.45, 7) is 8.53. The second-order valence-corrected chi connectivity index (χ2v) is 6.14. The van der Waals surface area contributed by atoms with Gasteiger partial charge < -0.3 is 5.32 Å². The SMILES string of the molecule is CCC(C)[C@H](c1cc(F)ccc1Br)N1CCNCC1. The minimum Gasteiger partial charge on any atom is -0.314 e. The Morgan fingerprint density at radius 2 is 2.05 bits per heavy atom. The molecule has 2 rings (SSSR count). The Morgan fingerprint density at radius 1 is 1.37 bits per heavy atom. The lowest BCUT2D eigenvalue weighted by Crippen LogP contribution is -2.46. The molecule has 1 aliphatic heterocycles. The molecule has 19 heavy (non-hydrogen) atoms. The number of rotatable bonds is 4. The van der Waals surface area contributed by atoms with Crippen LogP contribution in [0.2, 0.25) is 0 Å². The lowest BCUT2D eigenvalue weighted by atomic mass is 9.90. The van der Waals surface area contributed by atoms with Gasteiger partial charge in [-0.05, 0) is 29.7 Å². The van der Waals surface area contributed by atoms with E-state index in [4.69, 9.17) is 0 Å². The fraction of sp³-hybridized carbons (Fsp3) is 0.600. The molecule has 1 unspecified atom stereocenters. The molecule has 1 aliphatic rings. The zero-order chi connectivity index (χ0) is 13.8. The molecule has 1 heterocycles. The van der Waals surface area contributed by atoms with Crippen LogP contribution in [0.1, 0.15) is 31.9 Å². The van der Waals surface area contributed by atoms with Crippen LogP contribution in [0.5, 0.6) is 0 Å². The molecule has 0 amide bonds. The van der Waals surface area contributed by atoms with Crippen molar-refractivity contribution in [2.75, 3.05) is 26.2 Å². The van der Waals surface area contributed by atoms with E-state index in [0.29, 0.717) is 5.92 Å². The second-order valence-electron chi connectivity index (χ2n) is 5.28. The molecule has 1 N–H and O–H groups in total. The van der Waals surface area contributed by atoms with Crippen LogP contribution in [0.25, 0.3) is 0 Å². The Bertz CT molecular complexity index is 419. The van der Waals surface area contributed by atoms with E-state index >= 15 is 0 Å². The zero-order valence-corrected chi connectivity index (χ0v) is 13.2. The van der Waals surface area contributed by atoms with Crippen LogP contribution >= 0.6 is 15.9 Å². The summed E-state index contributed by atoms with van der Waals surface area (Å²) in [6.07, 6.45) is 1.09. The van der Waals surface area contributed by atoms with E-state index in [0.717, 1.165) is 42.6 Å². The van der Waals surface area contributed by atoms with Crippen molar-refractivity contribution in [1.29, 1.82) is 0 Å². The molecule has 1 aromatic rings. The molecule has 0 radical (unpaired) electrons. The predicted octanol–water partition coefficient (Wildman–Crippen LogP) is 3.58. The first-order chi connectivity index (χ1) is 9.13. The molecule has 0 spiro atoms. The third-order valence-corrected chi connectivity index (χ3v) is 4.73. The monoisotopic (exact) mass is 328 g/mol. The summed E-state index contributed by atoms with van der Waals surface area (Å²) in [5.41, 5.74) is 1.08. The molecule has 0 aliphatic carbocycles. The van der Waals surface area contributed by atoms with E-state index in [1.165, 1.54) is 6.07 Å². The summed E-state index contributed by atoms with van der Waals surface area (Å²) in [7, 11) is 0. The molecule has 0 bridgehead atoms. The zero-order valence-electron chi connectivity index (χ0n) is 11.6. The van der Waals surface area contributed by atoms with Gasteiger partial charge in [-0.25, -0.2) is 4.39 Å². The minimum absolute atomic E-state index is 0.151. The standard InChI is InChI=1S/C15H22BrFN2/c1-3-11(2)15(19-8-6-18-7-9-19)13-10-12(17)4-5-14(13)16/h4-5,10-11,15,18H,3,6-9H2,1-2H3/t11?,15-/m1/s1. The molecule has 1 fully saturated rings. The predicted molar refractivity (Wildman–Crippen MR) is 80.7 cm³/mol. The molecule has 4 heteroatoms. The number of halogens is 2. The van der Waals surface area contributed by atoms with Gasteiger partial charge in [0.15, 0.2) is 0 Å². The Balaban J connectivity index is 2.33. The first-order valence-electron chi connectivity index (χ1n) is 7.03. The summed E-state index contributed by atoms with van der Waals surface area (Å²) in [5, 5.41) is 3.38. The Hall–Kier alpha value is -0.450. The quantitative estimate of drug-likeness (QED) is 0.908. The second kappa shape index (κ2) is 6.82. The fourth-order valence-corrected chi connectivity index (χ4v) is 3.27. The van der Waals surface area contributed by atoms with Gasteiger partial charge in [0.05, 0.1) is 0 Å². The third kappa shape index (κ3) is 3.56. The van der Waals surface area contributed by atoms with Crippen molar-refractivity contribution in [2.45, 2.75) is 26.3 Å². The van der Waals surface area contributed by atoms with Crippen LogP contribution in [0.4, 0.5) is 4.39 Å². The maximum atomic E-state index is 13.6. The van der Waals surface area contributed by atoms with Crippen LogP contribution in [-0.2, 0) is 0 Å². The molecule has 2 atom stereocenters. The highest BCUT2D eigenvalue weighted by atomic mass is 79.9. The number of nitrogens with zero attached hydrogens (tertiary/aromatic N) is 1. The van der Waals surface area contributed by atoms with Gasteiger partial charge in [-0.3, -0.25) is 4.90 Å². The highest BCUT2D eigenvalue weighted by molar-refractivity contribution is 9.10. The van der Waals surface area contributed by atoms with E-state index < -0.39 is 0 Å². The Morgan fingerprint density at radius 3 is 2.68 bits per heavy atom. The van der Waals surface area contributed by atoms with Gasteiger partial charge in [-0.1, -0.05) is 36.2 Å². The topological polar surface area (TPSA) is 15.3 Å². The number of nitrogens with one attached hydrogen (secondary N) is 1. The molecule has 2 nitrogen and oxygen atoms in total. The van der Waals surface area contributed by atoms with E-state index in [1.807, 2.05) is 6.07 Å². The number of piperazine rings is 1. The molecule has 0 saturated carbocycles. The van der Waals surface area contributed by atoms with Crippen LogP contribution in [0.3, 0.4) is 0 Å². The van der Waals surface area contributed by atoms with Crippen molar-refractivity contribution in [2.24, 2.45) is 5.92 Å². The van der Waals surface area contributed by atoms with Crippen molar-refractivity contribution in [3.05, 3.63) is 34.1 Å². The van der Waals surface area contributed by atoms with Crippen molar-refractivity contribution < 1.29 is 4.39 Å². The first-order valence-corrected chi connectivity index (χ1v) is 7.82. The molecule has 106 valence electrons. The number of hydrogen-bond donors (Lipinski definition) is 1. The summed E-state index contributed by atoms with van der Waals surface area (Å²) in [6, 6.07) is 5.31. The summed E-state index contributed by atoms with van der Waals surface area (Å²) < 4.78 is 14.6. The number of benzene rings is 1. The summed E-state index contributed by atoms with van der Waals surface area (Å²) >= 11 is 3.59. The molecular formula is C15H22BrFN2. The maximum Gasteiger partial charge on any atom is 0.123 e. The summed E-state index contributed by atoms with van der Waals surface area (Å²) in [4.78, 5) is 2.48. The largest absolute Gasteiger partial charge is 0.314 e. The van der Waals surface area contributed by atoms with E-state index in [-0.39, 0.29) is 11.9 Å². The van der Waals surface area contributed by atoms with Crippen LogP contribution in [0.15, 0.2) is 22.7 Å². The van der Waals surface area contributed by atoms with Crippen LogP contribution in [-0.4, -0.2) is 31.1 Å². The van der Waals surface area contributed by atoms with Gasteiger partial charge in [0.1, 0.15) is 5.82 Å². The van der Waals surface area contributed by atoms with Crippen LogP contribution in [0, 0.1) is 11.7 Å². The van der Waals surface area contributed by atoms with E-state index in [9.17, 15) is 4.39 Å². The number of hydrogen-bond acceptors (Lipinski definition) is 2. The maximum absolute atomic E-state index is 13.6. The Kier molecular flexibility index (Phi) is 5.37. The normalized spacial score (nSPS) is 20.2. The van der Waals surface area contributed by atoms with Gasteiger partial charge in [-0.15, -0.1) is 0 Å². The van der Waals surface area contributed by atoms with Crippen molar-refractivity contribution in [1.82, 2.24) is 10.2 Å². The molecule has 1 saturated heterocycles. The average molecular weight is 329 g/mol. The molecule has 1 aromatic carbocycles. The van der Waals surface area contributed by atoms with Gasteiger partial charge >= 0.3 is 0 Å². The average Bonchev–Trinajstić information content (AvgIpc) is 2.44. The van der Waals surface area contributed by atoms with Crippen molar-refractivity contribution in [3.63, 3.8) is 0 Å². The minimum atomic E-state index is -0.151. The first kappa shape index (κ1) is 14.9. The highest BCUT2D eigenvalue weighted by Gasteiger charge is 2.28. The molecule has 0 aromatic heterocycles. The Labute approximate surface area is 123 Å². The van der Waals surface area contributed by atoms with Crippen molar-refractivity contribution in [3.8, 4) is 0 Å².